The molecule has 0 bridgehead atoms. The summed E-state index contributed by atoms with van der Waals surface area (Å²) in [5.41, 5.74) is 3.31. The molecule has 0 saturated carbocycles. The molecular weight excluding hydrogens is 362 g/mol. The summed E-state index contributed by atoms with van der Waals surface area (Å²) >= 11 is 3.16. The number of rotatable bonds is 7. The fourth-order valence-electron chi connectivity index (χ4n) is 2.46. The summed E-state index contributed by atoms with van der Waals surface area (Å²) < 4.78 is 1.96. The van der Waals surface area contributed by atoms with E-state index in [0.717, 1.165) is 21.5 Å². The zero-order valence-corrected chi connectivity index (χ0v) is 16.4. The van der Waals surface area contributed by atoms with Gasteiger partial charge in [0, 0.05) is 30.1 Å². The van der Waals surface area contributed by atoms with Gasteiger partial charge in [-0.3, -0.25) is 4.79 Å². The van der Waals surface area contributed by atoms with Crippen LogP contribution in [0.3, 0.4) is 0 Å². The highest BCUT2D eigenvalue weighted by atomic mass is 32.2. The number of thioether (sulfide) groups is 1. The number of hydrogen-bond acceptors (Lipinski definition) is 4. The topological polar surface area (TPSA) is 46.9 Å². The second-order valence-corrected chi connectivity index (χ2v) is 7.94. The van der Waals surface area contributed by atoms with Crippen molar-refractivity contribution in [1.82, 2.24) is 9.55 Å². The second-order valence-electron chi connectivity index (χ2n) is 5.95. The summed E-state index contributed by atoms with van der Waals surface area (Å²) in [5.74, 6) is 1.27. The molecule has 0 aliphatic heterocycles. The largest absolute Gasteiger partial charge is 0.329 e. The maximum atomic E-state index is 12.3. The van der Waals surface area contributed by atoms with E-state index in [0.29, 0.717) is 5.75 Å². The zero-order valence-electron chi connectivity index (χ0n) is 14.8. The van der Waals surface area contributed by atoms with Gasteiger partial charge in [0.2, 0.25) is 5.91 Å². The van der Waals surface area contributed by atoms with E-state index in [2.05, 4.69) is 41.5 Å². The second kappa shape index (κ2) is 8.96. The molecule has 0 saturated heterocycles. The van der Waals surface area contributed by atoms with Gasteiger partial charge >= 0.3 is 0 Å². The van der Waals surface area contributed by atoms with Gasteiger partial charge in [0.25, 0.3) is 0 Å². The van der Waals surface area contributed by atoms with Gasteiger partial charge in [-0.1, -0.05) is 42.0 Å². The molecule has 2 aromatic carbocycles. The van der Waals surface area contributed by atoms with Gasteiger partial charge in [-0.05, 0) is 36.4 Å². The third kappa shape index (κ3) is 5.16. The van der Waals surface area contributed by atoms with Crippen LogP contribution in [0.15, 0.2) is 71.0 Å². The number of benzene rings is 2. The number of hydrogen-bond donors (Lipinski definition) is 1. The number of imidazole rings is 1. The van der Waals surface area contributed by atoms with Crippen molar-refractivity contribution >= 4 is 35.1 Å². The maximum absolute atomic E-state index is 12.3. The molecule has 3 aromatic rings. The first-order valence-electron chi connectivity index (χ1n) is 8.29. The van der Waals surface area contributed by atoms with Gasteiger partial charge in [-0.25, -0.2) is 4.98 Å². The smallest absolute Gasteiger partial charge is 0.234 e. The minimum Gasteiger partial charge on any atom is -0.329 e. The Balaban J connectivity index is 1.56. The lowest BCUT2D eigenvalue weighted by Crippen LogP contribution is -2.14. The molecule has 0 unspecified atom stereocenters. The number of aryl methyl sites for hydroxylation is 2. The van der Waals surface area contributed by atoms with Crippen molar-refractivity contribution in [2.75, 3.05) is 11.1 Å². The number of nitrogens with one attached hydrogen (secondary N) is 1. The van der Waals surface area contributed by atoms with Crippen LogP contribution in [-0.4, -0.2) is 21.2 Å². The number of aromatic nitrogens is 2. The molecule has 1 amide bonds. The Morgan fingerprint density at radius 3 is 2.81 bits per heavy atom. The van der Waals surface area contributed by atoms with Crippen molar-refractivity contribution in [3.63, 3.8) is 0 Å². The summed E-state index contributed by atoms with van der Waals surface area (Å²) in [5, 5.41) is 3.91. The number of nitrogens with zero attached hydrogens (tertiary/aromatic N) is 2. The van der Waals surface area contributed by atoms with Crippen LogP contribution < -0.4 is 5.32 Å². The van der Waals surface area contributed by atoms with Gasteiger partial charge < -0.3 is 9.88 Å². The minimum atomic E-state index is 0.00976. The lowest BCUT2D eigenvalue weighted by Gasteiger charge is -2.10. The van der Waals surface area contributed by atoms with E-state index in [4.69, 9.17) is 0 Å². The Morgan fingerprint density at radius 2 is 2.04 bits per heavy atom. The van der Waals surface area contributed by atoms with Crippen LogP contribution in [0.2, 0.25) is 0 Å². The molecular formula is C20H21N3OS2. The van der Waals surface area contributed by atoms with Crippen LogP contribution in [0.25, 0.3) is 0 Å². The summed E-state index contributed by atoms with van der Waals surface area (Å²) in [6, 6.07) is 16.2. The Labute approximate surface area is 162 Å². The van der Waals surface area contributed by atoms with Crippen molar-refractivity contribution in [3.05, 3.63) is 72.1 Å². The lowest BCUT2D eigenvalue weighted by atomic mass is 10.2. The van der Waals surface area contributed by atoms with E-state index >= 15 is 0 Å². The molecule has 6 heteroatoms. The standard InChI is InChI=1S/C20H21N3OS2/c1-15-6-5-7-16(12-15)13-25-14-19(24)22-17-8-3-4-9-18(17)26-20-21-10-11-23(20)2/h3-12H,13-14H2,1-2H3,(H,22,24). The summed E-state index contributed by atoms with van der Waals surface area (Å²) in [6.45, 7) is 2.08. The summed E-state index contributed by atoms with van der Waals surface area (Å²) in [7, 11) is 1.96. The Morgan fingerprint density at radius 1 is 1.19 bits per heavy atom. The van der Waals surface area contributed by atoms with E-state index < -0.39 is 0 Å². The van der Waals surface area contributed by atoms with E-state index in [-0.39, 0.29) is 5.91 Å². The average molecular weight is 384 g/mol. The average Bonchev–Trinajstić information content (AvgIpc) is 3.02. The first kappa shape index (κ1) is 18.6. The summed E-state index contributed by atoms with van der Waals surface area (Å²) in [6.07, 6.45) is 3.68. The zero-order chi connectivity index (χ0) is 18.4. The highest BCUT2D eigenvalue weighted by molar-refractivity contribution is 7.99. The molecule has 1 N–H and O–H groups in total. The highest BCUT2D eigenvalue weighted by Gasteiger charge is 2.10. The van der Waals surface area contributed by atoms with E-state index in [9.17, 15) is 4.79 Å². The fourth-order valence-corrected chi connectivity index (χ4v) is 4.12. The molecule has 1 heterocycles. The minimum absolute atomic E-state index is 0.00976. The Kier molecular flexibility index (Phi) is 6.41. The van der Waals surface area contributed by atoms with Gasteiger partial charge in [0.05, 0.1) is 11.4 Å². The van der Waals surface area contributed by atoms with Gasteiger partial charge in [0.1, 0.15) is 0 Å². The van der Waals surface area contributed by atoms with Gasteiger partial charge in [-0.15, -0.1) is 11.8 Å². The molecule has 0 atom stereocenters. The molecule has 3 rings (SSSR count). The highest BCUT2D eigenvalue weighted by Crippen LogP contribution is 2.32. The van der Waals surface area contributed by atoms with Crippen molar-refractivity contribution in [2.45, 2.75) is 22.7 Å². The summed E-state index contributed by atoms with van der Waals surface area (Å²) in [4.78, 5) is 17.6. The Bertz CT molecular complexity index is 892. The van der Waals surface area contributed by atoms with Crippen LogP contribution in [-0.2, 0) is 17.6 Å². The number of anilines is 1. The molecule has 0 spiro atoms. The van der Waals surface area contributed by atoms with Crippen molar-refractivity contribution in [3.8, 4) is 0 Å². The molecule has 1 aromatic heterocycles. The van der Waals surface area contributed by atoms with Crippen molar-refractivity contribution in [1.29, 1.82) is 0 Å². The third-order valence-electron chi connectivity index (χ3n) is 3.72. The Hall–Kier alpha value is -2.18. The fraction of sp³-hybridized carbons (Fsp3) is 0.200. The number of amides is 1. The van der Waals surface area contributed by atoms with Crippen LogP contribution in [0.4, 0.5) is 5.69 Å². The molecule has 134 valence electrons. The molecule has 4 nitrogen and oxygen atoms in total. The van der Waals surface area contributed by atoms with E-state index in [1.165, 1.54) is 11.1 Å². The molecule has 0 aliphatic carbocycles. The number of carbonyl (C=O) groups is 1. The first-order valence-corrected chi connectivity index (χ1v) is 10.3. The van der Waals surface area contributed by atoms with Crippen LogP contribution in [0.1, 0.15) is 11.1 Å². The van der Waals surface area contributed by atoms with E-state index in [1.807, 2.05) is 42.1 Å². The normalized spacial score (nSPS) is 10.7. The lowest BCUT2D eigenvalue weighted by molar-refractivity contribution is -0.113. The number of carbonyl (C=O) groups excluding carboxylic acids is 1. The van der Waals surface area contributed by atoms with Gasteiger partial charge in [-0.2, -0.15) is 0 Å². The number of para-hydroxylation sites is 1. The predicted octanol–water partition coefficient (Wildman–Crippen LogP) is 4.75. The van der Waals surface area contributed by atoms with Crippen LogP contribution in [0.5, 0.6) is 0 Å². The molecule has 26 heavy (non-hydrogen) atoms. The SMILES string of the molecule is Cc1cccc(CSCC(=O)Nc2ccccc2Sc2nccn2C)c1. The van der Waals surface area contributed by atoms with E-state index in [1.54, 1.807) is 29.7 Å². The quantitative estimate of drug-likeness (QED) is 0.639. The van der Waals surface area contributed by atoms with Crippen LogP contribution in [0, 0.1) is 6.92 Å². The molecule has 0 radical (unpaired) electrons. The van der Waals surface area contributed by atoms with Crippen molar-refractivity contribution < 1.29 is 4.79 Å². The molecule has 0 fully saturated rings. The first-order chi connectivity index (χ1) is 12.6. The van der Waals surface area contributed by atoms with Gasteiger partial charge in [0.15, 0.2) is 5.16 Å². The third-order valence-corrected chi connectivity index (χ3v) is 5.88. The predicted molar refractivity (Wildman–Crippen MR) is 110 cm³/mol. The molecule has 0 aliphatic rings. The van der Waals surface area contributed by atoms with Crippen molar-refractivity contribution in [2.24, 2.45) is 7.05 Å². The monoisotopic (exact) mass is 383 g/mol. The van der Waals surface area contributed by atoms with Crippen LogP contribution >= 0.6 is 23.5 Å². The maximum Gasteiger partial charge on any atom is 0.234 e.